The quantitative estimate of drug-likeness (QED) is 0.414. The van der Waals surface area contributed by atoms with Gasteiger partial charge in [-0.3, -0.25) is 0 Å². The predicted octanol–water partition coefficient (Wildman–Crippen LogP) is 6.08. The van der Waals surface area contributed by atoms with Gasteiger partial charge < -0.3 is 9.15 Å². The molecule has 0 unspecified atom stereocenters. The molecule has 0 N–H and O–H groups in total. The number of carbonyl (C=O) groups excluding carboxylic acids is 1. The molecular weight excluding hydrogens is 343 g/mol. The fraction of sp³-hybridized carbons (Fsp3) is 0.0870. The highest BCUT2D eigenvalue weighted by atomic mass is 19.1. The molecule has 0 aliphatic carbocycles. The van der Waals surface area contributed by atoms with Gasteiger partial charge in [0.2, 0.25) is 0 Å². The number of carbonyl (C=O) groups is 1. The van der Waals surface area contributed by atoms with Crippen LogP contribution in [0.4, 0.5) is 4.39 Å². The molecule has 27 heavy (non-hydrogen) atoms. The van der Waals surface area contributed by atoms with Gasteiger partial charge in [-0.25, -0.2) is 9.18 Å². The number of benzene rings is 3. The Morgan fingerprint density at radius 3 is 2.33 bits per heavy atom. The number of hydrogen-bond acceptors (Lipinski definition) is 3. The van der Waals surface area contributed by atoms with E-state index >= 15 is 0 Å². The van der Waals surface area contributed by atoms with Crippen LogP contribution in [0.15, 0.2) is 77.4 Å². The van der Waals surface area contributed by atoms with E-state index in [1.807, 2.05) is 30.3 Å². The molecule has 0 amide bonds. The van der Waals surface area contributed by atoms with E-state index in [-0.39, 0.29) is 5.82 Å². The lowest BCUT2D eigenvalue weighted by Crippen LogP contribution is -2.05. The van der Waals surface area contributed by atoms with Crippen LogP contribution in [0.25, 0.3) is 33.2 Å². The molecule has 4 rings (SSSR count). The summed E-state index contributed by atoms with van der Waals surface area (Å²) in [6.07, 6.45) is 1.65. The van der Waals surface area contributed by atoms with Crippen LogP contribution in [-0.2, 0) is 4.74 Å². The normalized spacial score (nSPS) is 10.9. The van der Waals surface area contributed by atoms with E-state index < -0.39 is 5.97 Å². The van der Waals surface area contributed by atoms with Crippen molar-refractivity contribution in [2.45, 2.75) is 6.92 Å². The first-order chi connectivity index (χ1) is 13.2. The summed E-state index contributed by atoms with van der Waals surface area (Å²) < 4.78 is 24.4. The van der Waals surface area contributed by atoms with Crippen molar-refractivity contribution in [3.63, 3.8) is 0 Å². The molecule has 3 aromatic carbocycles. The second kappa shape index (κ2) is 7.08. The second-order valence-electron chi connectivity index (χ2n) is 6.11. The highest BCUT2D eigenvalue weighted by molar-refractivity contribution is 6.12. The number of furan rings is 1. The van der Waals surface area contributed by atoms with Crippen molar-refractivity contribution in [2.24, 2.45) is 0 Å². The third-order valence-electron chi connectivity index (χ3n) is 4.46. The Kier molecular flexibility index (Phi) is 4.47. The summed E-state index contributed by atoms with van der Waals surface area (Å²) in [4.78, 5) is 12.5. The number of rotatable bonds is 4. The number of fused-ring (bicyclic) bond motifs is 1. The van der Waals surface area contributed by atoms with Crippen LogP contribution in [0.2, 0.25) is 0 Å². The van der Waals surface area contributed by atoms with E-state index in [9.17, 15) is 9.18 Å². The van der Waals surface area contributed by atoms with Gasteiger partial charge in [-0.05, 0) is 42.3 Å². The van der Waals surface area contributed by atoms with E-state index in [0.29, 0.717) is 23.1 Å². The summed E-state index contributed by atoms with van der Waals surface area (Å²) >= 11 is 0. The molecule has 4 heteroatoms. The van der Waals surface area contributed by atoms with Gasteiger partial charge in [0.15, 0.2) is 0 Å². The average molecular weight is 360 g/mol. The molecule has 0 bridgehead atoms. The molecule has 3 nitrogen and oxygen atoms in total. The highest BCUT2D eigenvalue weighted by Crippen LogP contribution is 2.39. The molecule has 0 saturated carbocycles. The van der Waals surface area contributed by atoms with Crippen LogP contribution in [0, 0.1) is 5.82 Å². The average Bonchev–Trinajstić information content (AvgIpc) is 3.14. The lowest BCUT2D eigenvalue weighted by atomic mass is 9.96. The van der Waals surface area contributed by atoms with Crippen molar-refractivity contribution in [3.8, 4) is 22.3 Å². The maximum absolute atomic E-state index is 13.3. The van der Waals surface area contributed by atoms with Crippen molar-refractivity contribution in [2.75, 3.05) is 6.61 Å². The molecule has 0 radical (unpaired) electrons. The van der Waals surface area contributed by atoms with E-state index in [0.717, 1.165) is 22.3 Å². The summed E-state index contributed by atoms with van der Waals surface area (Å²) in [6.45, 7) is 2.06. The van der Waals surface area contributed by atoms with Crippen LogP contribution in [-0.4, -0.2) is 12.6 Å². The predicted molar refractivity (Wildman–Crippen MR) is 103 cm³/mol. The van der Waals surface area contributed by atoms with Crippen LogP contribution in [0.3, 0.4) is 0 Å². The highest BCUT2D eigenvalue weighted by Gasteiger charge is 2.21. The zero-order valence-corrected chi connectivity index (χ0v) is 14.7. The summed E-state index contributed by atoms with van der Waals surface area (Å²) in [5.74, 6) is -0.700. The van der Waals surface area contributed by atoms with Gasteiger partial charge in [-0.1, -0.05) is 42.5 Å². The Morgan fingerprint density at radius 2 is 1.63 bits per heavy atom. The SMILES string of the molecule is CCOC(=O)c1ccc(-c2ccc(F)cc2)c2occ(-c3ccccc3)c12. The minimum absolute atomic E-state index is 0.290. The number of halogens is 1. The second-order valence-corrected chi connectivity index (χ2v) is 6.11. The maximum atomic E-state index is 13.3. The van der Waals surface area contributed by atoms with Gasteiger partial charge in [-0.15, -0.1) is 0 Å². The zero-order chi connectivity index (χ0) is 18.8. The third-order valence-corrected chi connectivity index (χ3v) is 4.46. The molecule has 0 aliphatic rings. The summed E-state index contributed by atoms with van der Waals surface area (Å²) in [5, 5.41) is 0.696. The van der Waals surface area contributed by atoms with Crippen molar-refractivity contribution < 1.29 is 18.3 Å². The molecule has 0 aliphatic heterocycles. The monoisotopic (exact) mass is 360 g/mol. The van der Waals surface area contributed by atoms with Crippen LogP contribution in [0.1, 0.15) is 17.3 Å². The maximum Gasteiger partial charge on any atom is 0.338 e. The van der Waals surface area contributed by atoms with Gasteiger partial charge in [0.1, 0.15) is 11.4 Å². The van der Waals surface area contributed by atoms with Crippen molar-refractivity contribution in [1.29, 1.82) is 0 Å². The number of hydrogen-bond donors (Lipinski definition) is 0. The number of ether oxygens (including phenoxy) is 1. The molecule has 4 aromatic rings. The first-order valence-electron chi connectivity index (χ1n) is 8.71. The van der Waals surface area contributed by atoms with Crippen molar-refractivity contribution in [3.05, 3.63) is 84.4 Å². The van der Waals surface area contributed by atoms with Crippen LogP contribution < -0.4 is 0 Å². The number of esters is 1. The van der Waals surface area contributed by atoms with Crippen LogP contribution >= 0.6 is 0 Å². The van der Waals surface area contributed by atoms with E-state index in [2.05, 4.69) is 0 Å². The summed E-state index contributed by atoms with van der Waals surface area (Å²) in [5.41, 5.74) is 4.39. The Morgan fingerprint density at radius 1 is 0.926 bits per heavy atom. The molecule has 134 valence electrons. The minimum atomic E-state index is -0.397. The van der Waals surface area contributed by atoms with E-state index in [1.54, 1.807) is 37.5 Å². The molecule has 0 spiro atoms. The lowest BCUT2D eigenvalue weighted by Gasteiger charge is -2.09. The molecule has 0 saturated heterocycles. The van der Waals surface area contributed by atoms with E-state index in [1.165, 1.54) is 12.1 Å². The molecule has 0 fully saturated rings. The van der Waals surface area contributed by atoms with Crippen molar-refractivity contribution in [1.82, 2.24) is 0 Å². The van der Waals surface area contributed by atoms with Crippen molar-refractivity contribution >= 4 is 16.9 Å². The largest absolute Gasteiger partial charge is 0.463 e. The van der Waals surface area contributed by atoms with Gasteiger partial charge in [0.25, 0.3) is 0 Å². The topological polar surface area (TPSA) is 39.4 Å². The Labute approximate surface area is 156 Å². The van der Waals surface area contributed by atoms with Gasteiger partial charge >= 0.3 is 5.97 Å². The Hall–Kier alpha value is -3.40. The van der Waals surface area contributed by atoms with Crippen LogP contribution in [0.5, 0.6) is 0 Å². The Balaban J connectivity index is 1.99. The molecule has 1 heterocycles. The summed E-state index contributed by atoms with van der Waals surface area (Å²) in [6, 6.07) is 19.5. The molecule has 0 atom stereocenters. The fourth-order valence-electron chi connectivity index (χ4n) is 3.22. The van der Waals surface area contributed by atoms with Gasteiger partial charge in [-0.2, -0.15) is 0 Å². The first-order valence-corrected chi connectivity index (χ1v) is 8.71. The molecular formula is C23H17FO3. The standard InChI is InChI=1S/C23H17FO3/c1-2-26-23(25)19-13-12-18(16-8-10-17(24)11-9-16)22-21(19)20(14-27-22)15-6-4-3-5-7-15/h3-14H,2H2,1H3. The van der Waals surface area contributed by atoms with Gasteiger partial charge in [0.05, 0.1) is 18.4 Å². The van der Waals surface area contributed by atoms with E-state index in [4.69, 9.17) is 9.15 Å². The Bertz CT molecular complexity index is 1100. The minimum Gasteiger partial charge on any atom is -0.463 e. The molecule has 1 aromatic heterocycles. The van der Waals surface area contributed by atoms with Gasteiger partial charge in [0, 0.05) is 16.5 Å². The zero-order valence-electron chi connectivity index (χ0n) is 14.7. The third kappa shape index (κ3) is 3.10. The fourth-order valence-corrected chi connectivity index (χ4v) is 3.22. The first kappa shape index (κ1) is 17.0. The summed E-state index contributed by atoms with van der Waals surface area (Å²) in [7, 11) is 0. The smallest absolute Gasteiger partial charge is 0.338 e. The lowest BCUT2D eigenvalue weighted by molar-refractivity contribution is 0.0528.